The van der Waals surface area contributed by atoms with Crippen molar-refractivity contribution < 1.29 is 9.53 Å². The minimum Gasteiger partial charge on any atom is -0.480 e. The summed E-state index contributed by atoms with van der Waals surface area (Å²) in [6, 6.07) is 1.69. The molecule has 0 saturated carbocycles. The van der Waals surface area contributed by atoms with Crippen LogP contribution in [-0.2, 0) is 0 Å². The van der Waals surface area contributed by atoms with Crippen LogP contribution in [0.15, 0.2) is 12.3 Å². The number of hydrogen-bond donors (Lipinski definition) is 0. The summed E-state index contributed by atoms with van der Waals surface area (Å²) in [5, 5.41) is 2.80. The first-order valence-corrected chi connectivity index (χ1v) is 6.96. The van der Waals surface area contributed by atoms with E-state index in [1.165, 1.54) is 16.0 Å². The molecule has 14 heavy (non-hydrogen) atoms. The third-order valence-corrected chi connectivity index (χ3v) is 2.33. The average molecular weight is 319 g/mol. The first kappa shape index (κ1) is 11.3. The van der Waals surface area contributed by atoms with Crippen LogP contribution >= 0.6 is 30.1 Å². The molecule has 0 N–H and O–H groups in total. The van der Waals surface area contributed by atoms with E-state index in [0.29, 0.717) is 23.3 Å². The fraction of sp³-hybridized carbons (Fsp3) is 0.111. The monoisotopic (exact) mass is 319 g/mol. The number of carbonyl (C=O) groups excluding carboxylic acids is 1. The third-order valence-electron chi connectivity index (χ3n) is 1.49. The Morgan fingerprint density at radius 1 is 1.71 bits per heavy atom. The number of aldehydes is 1. The van der Waals surface area contributed by atoms with Crippen molar-refractivity contribution in [3.8, 4) is 17.1 Å². The summed E-state index contributed by atoms with van der Waals surface area (Å²) >= 11 is 2.06. The maximum absolute atomic E-state index is 10.8. The van der Waals surface area contributed by atoms with E-state index >= 15 is 0 Å². The smallest absolute Gasteiger partial charge is 0.225 e. The number of hydrogen-bond acceptors (Lipinski definition) is 4. The normalized spacial score (nSPS) is 8.71. The molecule has 5 heteroatoms. The number of aromatic nitrogens is 1. The Balaban J connectivity index is 3.21. The van der Waals surface area contributed by atoms with Crippen molar-refractivity contribution in [3.63, 3.8) is 0 Å². The summed E-state index contributed by atoms with van der Waals surface area (Å²) in [4.78, 5) is 14.7. The van der Waals surface area contributed by atoms with Crippen molar-refractivity contribution in [3.05, 3.63) is 23.4 Å². The van der Waals surface area contributed by atoms with Gasteiger partial charge < -0.3 is 4.74 Å². The van der Waals surface area contributed by atoms with E-state index in [2.05, 4.69) is 37.4 Å². The molecule has 1 rings (SSSR count). The summed E-state index contributed by atoms with van der Waals surface area (Å²) in [7, 11) is 2.83. The van der Waals surface area contributed by atoms with Gasteiger partial charge in [0.1, 0.15) is 0 Å². The number of pyridine rings is 1. The molecule has 1 heterocycles. The van der Waals surface area contributed by atoms with Gasteiger partial charge in [-0.2, -0.15) is 0 Å². The number of ether oxygens (including phenoxy) is 1. The fourth-order valence-corrected chi connectivity index (χ4v) is 1.39. The van der Waals surface area contributed by atoms with Gasteiger partial charge in [0.15, 0.2) is 6.29 Å². The predicted molar refractivity (Wildman–Crippen MR) is 64.7 cm³/mol. The van der Waals surface area contributed by atoms with Crippen LogP contribution in [0.5, 0.6) is 5.88 Å². The number of halogens is 1. The largest absolute Gasteiger partial charge is 0.480 e. The van der Waals surface area contributed by atoms with Crippen molar-refractivity contribution in [1.82, 2.24) is 4.98 Å². The van der Waals surface area contributed by atoms with Gasteiger partial charge in [-0.3, -0.25) is 4.79 Å². The Labute approximate surface area is 98.2 Å². The number of carbonyl (C=O) groups is 1. The maximum Gasteiger partial charge on any atom is 0.225 e. The van der Waals surface area contributed by atoms with Crippen molar-refractivity contribution in [2.45, 2.75) is 0 Å². The molecule has 0 aromatic carbocycles. The summed E-state index contributed by atoms with van der Waals surface area (Å²) < 4.78 is 4.94. The lowest BCUT2D eigenvalue weighted by molar-refractivity contribution is 0.111. The molecule has 0 amide bonds. The van der Waals surface area contributed by atoms with Crippen molar-refractivity contribution >= 4 is 36.4 Å². The zero-order valence-electron chi connectivity index (χ0n) is 7.28. The second-order valence-corrected chi connectivity index (χ2v) is 3.88. The van der Waals surface area contributed by atoms with Crippen LogP contribution in [0.1, 0.15) is 15.9 Å². The van der Waals surface area contributed by atoms with E-state index in [1.807, 2.05) is 0 Å². The Morgan fingerprint density at radius 2 is 2.50 bits per heavy atom. The van der Waals surface area contributed by atoms with Gasteiger partial charge >= 0.3 is 0 Å². The van der Waals surface area contributed by atoms with Gasteiger partial charge in [-0.05, 0) is 20.3 Å². The Bertz CT molecular complexity index is 398. The van der Waals surface area contributed by atoms with E-state index in [0.717, 1.165) is 0 Å². The molecule has 0 aliphatic heterocycles. The summed E-state index contributed by atoms with van der Waals surface area (Å²) in [6.45, 7) is 0. The Morgan fingerprint density at radius 3 is 3.07 bits per heavy atom. The van der Waals surface area contributed by atoms with E-state index in [1.54, 1.807) is 12.3 Å². The Kier molecular flexibility index (Phi) is 4.76. The lowest BCUT2D eigenvalue weighted by atomic mass is 10.1. The fourth-order valence-electron chi connectivity index (χ4n) is 0.914. The van der Waals surface area contributed by atoms with Crippen LogP contribution in [0.2, 0.25) is 0 Å². The maximum atomic E-state index is 10.8. The lowest BCUT2D eigenvalue weighted by Crippen LogP contribution is -1.96. The van der Waals surface area contributed by atoms with Crippen LogP contribution in [0, 0.1) is 11.2 Å². The molecule has 0 radical (unpaired) electrons. The van der Waals surface area contributed by atoms with Crippen LogP contribution < -0.4 is 4.74 Å². The molecular formula is C9H6INO2S. The quantitative estimate of drug-likeness (QED) is 0.476. The molecule has 72 valence electrons. The topological polar surface area (TPSA) is 39.2 Å². The van der Waals surface area contributed by atoms with E-state index in [-0.39, 0.29) is 0 Å². The molecule has 3 nitrogen and oxygen atoms in total. The molecule has 0 fully saturated rings. The highest BCUT2D eigenvalue weighted by atomic mass is 127. The summed E-state index contributed by atoms with van der Waals surface area (Å²) in [5.41, 5.74) is 1.03. The standard InChI is InChI=1S/C9H6INO2S/c1-13-9-8(6-12)7(2-4-11-9)3-5-14-10/h2,4,6H,1H3. The number of nitrogens with zero attached hydrogens (tertiary/aromatic N) is 1. The molecule has 1 aromatic rings. The zero-order valence-corrected chi connectivity index (χ0v) is 10.3. The minimum atomic E-state index is 0.310. The first-order chi connectivity index (χ1) is 6.83. The molecule has 0 bridgehead atoms. The number of methoxy groups -OCH3 is 1. The summed E-state index contributed by atoms with van der Waals surface area (Å²) in [6.07, 6.45) is 2.27. The predicted octanol–water partition coefficient (Wildman–Crippen LogP) is 2.29. The zero-order chi connectivity index (χ0) is 10.4. The van der Waals surface area contributed by atoms with Crippen LogP contribution in [-0.4, -0.2) is 18.4 Å². The Hall–Kier alpha value is -0.740. The molecule has 0 aliphatic rings. The third kappa shape index (κ3) is 2.62. The van der Waals surface area contributed by atoms with Gasteiger partial charge in [-0.15, -0.1) is 0 Å². The van der Waals surface area contributed by atoms with Gasteiger partial charge in [-0.25, -0.2) is 4.98 Å². The van der Waals surface area contributed by atoms with Gasteiger partial charge in [0.25, 0.3) is 0 Å². The highest BCUT2D eigenvalue weighted by molar-refractivity contribution is 14.2. The highest BCUT2D eigenvalue weighted by Crippen LogP contribution is 2.16. The molecule has 0 spiro atoms. The van der Waals surface area contributed by atoms with Gasteiger partial charge in [-0.1, -0.05) is 5.92 Å². The van der Waals surface area contributed by atoms with Gasteiger partial charge in [0.2, 0.25) is 5.88 Å². The van der Waals surface area contributed by atoms with E-state index < -0.39 is 0 Å². The van der Waals surface area contributed by atoms with Crippen molar-refractivity contribution in [2.75, 3.05) is 7.11 Å². The lowest BCUT2D eigenvalue weighted by Gasteiger charge is -2.02. The van der Waals surface area contributed by atoms with E-state index in [4.69, 9.17) is 4.74 Å². The minimum absolute atomic E-state index is 0.310. The van der Waals surface area contributed by atoms with Gasteiger partial charge in [0, 0.05) is 33.0 Å². The molecule has 1 aromatic heterocycles. The SMILES string of the molecule is COc1nccc(C#CSI)c1C=O. The van der Waals surface area contributed by atoms with Crippen molar-refractivity contribution in [1.29, 1.82) is 0 Å². The molecule has 0 saturated heterocycles. The van der Waals surface area contributed by atoms with Crippen LogP contribution in [0.4, 0.5) is 0 Å². The second-order valence-electron chi connectivity index (χ2n) is 2.20. The highest BCUT2D eigenvalue weighted by Gasteiger charge is 2.06. The van der Waals surface area contributed by atoms with Crippen LogP contribution in [0.3, 0.4) is 0 Å². The second kappa shape index (κ2) is 5.88. The molecule has 0 unspecified atom stereocenters. The summed E-state index contributed by atoms with van der Waals surface area (Å²) in [5.74, 6) is 3.15. The average Bonchev–Trinajstić information content (AvgIpc) is 2.25. The number of rotatable bonds is 2. The van der Waals surface area contributed by atoms with Crippen LogP contribution in [0.25, 0.3) is 0 Å². The molecule has 0 atom stereocenters. The van der Waals surface area contributed by atoms with Gasteiger partial charge in [0.05, 0.1) is 12.7 Å². The first-order valence-electron chi connectivity index (χ1n) is 3.60. The van der Waals surface area contributed by atoms with E-state index in [9.17, 15) is 4.79 Å². The molecular weight excluding hydrogens is 313 g/mol. The van der Waals surface area contributed by atoms with Crippen molar-refractivity contribution in [2.24, 2.45) is 0 Å². The molecule has 0 aliphatic carbocycles.